The minimum absolute atomic E-state index is 0.0289. The van der Waals surface area contributed by atoms with Crippen molar-refractivity contribution in [2.24, 2.45) is 16.5 Å². The molecule has 0 aromatic carbocycles. The van der Waals surface area contributed by atoms with Crippen molar-refractivity contribution in [3.8, 4) is 0 Å². The molecule has 0 saturated carbocycles. The standard InChI is InChI=1S/C20H33N7O5S/c1-26-9-10-27(19(30)15(26)6-4-11-32-31-2)13-16(28)25-14(5-3-7-24-20(21)22)17(29)18-23-8-12-33-18/h8,12,14-15H,3-7,9-11,13H2,1-2H3,(H,25,28)(H4,21,22,24)/t14-,15+/m0/s1. The first-order valence-electron chi connectivity index (χ1n) is 10.8. The predicted octanol–water partition coefficient (Wildman–Crippen LogP) is -0.635. The summed E-state index contributed by atoms with van der Waals surface area (Å²) in [4.78, 5) is 59.5. The third-order valence-electron chi connectivity index (χ3n) is 5.25. The van der Waals surface area contributed by atoms with Crippen LogP contribution in [0.5, 0.6) is 0 Å². The van der Waals surface area contributed by atoms with E-state index in [2.05, 4.69) is 20.2 Å². The summed E-state index contributed by atoms with van der Waals surface area (Å²) in [7, 11) is 3.32. The second-order valence-corrected chi connectivity index (χ2v) is 8.55. The topological polar surface area (TPSA) is 165 Å². The maximum absolute atomic E-state index is 12.9. The molecule has 2 amide bonds. The summed E-state index contributed by atoms with van der Waals surface area (Å²) < 4.78 is 0. The zero-order valence-corrected chi connectivity index (χ0v) is 19.9. The molecule has 0 aliphatic carbocycles. The number of hydrogen-bond donors (Lipinski definition) is 3. The molecule has 0 radical (unpaired) electrons. The number of thiazole rings is 1. The molecule has 1 aromatic rings. The Balaban J connectivity index is 1.96. The number of piperazine rings is 1. The Hall–Kier alpha value is -2.61. The van der Waals surface area contributed by atoms with Crippen molar-refractivity contribution >= 4 is 34.9 Å². The number of Topliss-reactive ketones (excluding diaryl/α,β-unsaturated/α-hetero) is 1. The highest BCUT2D eigenvalue weighted by molar-refractivity contribution is 7.11. The quantitative estimate of drug-likeness (QED) is 0.0779. The third kappa shape index (κ3) is 8.68. The fourth-order valence-electron chi connectivity index (χ4n) is 3.54. The molecule has 5 N–H and O–H groups in total. The monoisotopic (exact) mass is 483 g/mol. The second-order valence-electron chi connectivity index (χ2n) is 7.66. The van der Waals surface area contributed by atoms with Gasteiger partial charge in [-0.1, -0.05) is 0 Å². The lowest BCUT2D eigenvalue weighted by Crippen LogP contribution is -2.58. The van der Waals surface area contributed by atoms with Gasteiger partial charge in [-0.05, 0) is 32.7 Å². The number of aliphatic imine (C=N–C) groups is 1. The number of ketones is 1. The van der Waals surface area contributed by atoms with E-state index in [-0.39, 0.29) is 30.2 Å². The van der Waals surface area contributed by atoms with Crippen molar-refractivity contribution in [2.45, 2.75) is 37.8 Å². The number of carbonyl (C=O) groups is 3. The first-order chi connectivity index (χ1) is 15.8. The van der Waals surface area contributed by atoms with Crippen molar-refractivity contribution in [3.05, 3.63) is 16.6 Å². The Kier molecular flexibility index (Phi) is 11.2. The molecule has 0 spiro atoms. The van der Waals surface area contributed by atoms with E-state index < -0.39 is 11.9 Å². The highest BCUT2D eigenvalue weighted by Crippen LogP contribution is 2.15. The molecule has 1 aromatic heterocycles. The van der Waals surface area contributed by atoms with Gasteiger partial charge in [0.2, 0.25) is 17.6 Å². The van der Waals surface area contributed by atoms with Gasteiger partial charge in [0, 0.05) is 31.2 Å². The summed E-state index contributed by atoms with van der Waals surface area (Å²) in [6.07, 6.45) is 3.62. The Morgan fingerprint density at radius 3 is 2.82 bits per heavy atom. The third-order valence-corrected chi connectivity index (χ3v) is 6.04. The lowest BCUT2D eigenvalue weighted by atomic mass is 10.1. The average Bonchev–Trinajstić information content (AvgIpc) is 3.31. The molecule has 1 fully saturated rings. The Labute approximate surface area is 197 Å². The van der Waals surface area contributed by atoms with Gasteiger partial charge < -0.3 is 21.7 Å². The van der Waals surface area contributed by atoms with Gasteiger partial charge in [0.1, 0.15) is 0 Å². The van der Waals surface area contributed by atoms with E-state index >= 15 is 0 Å². The van der Waals surface area contributed by atoms with Gasteiger partial charge >= 0.3 is 0 Å². The Morgan fingerprint density at radius 1 is 1.36 bits per heavy atom. The summed E-state index contributed by atoms with van der Waals surface area (Å²) >= 11 is 1.21. The molecule has 1 aliphatic rings. The normalized spacial score (nSPS) is 17.6. The van der Waals surface area contributed by atoms with Crippen LogP contribution >= 0.6 is 11.3 Å². The van der Waals surface area contributed by atoms with Gasteiger partial charge in [-0.3, -0.25) is 24.3 Å². The van der Waals surface area contributed by atoms with Crippen molar-refractivity contribution in [2.75, 3.05) is 46.9 Å². The lowest BCUT2D eigenvalue weighted by molar-refractivity contribution is -0.273. The Bertz CT molecular complexity index is 801. The van der Waals surface area contributed by atoms with Gasteiger partial charge in [-0.15, -0.1) is 11.3 Å². The van der Waals surface area contributed by atoms with Crippen molar-refractivity contribution in [1.82, 2.24) is 20.1 Å². The molecule has 2 rings (SSSR count). The minimum atomic E-state index is -0.776. The number of guanidine groups is 1. The van der Waals surface area contributed by atoms with Crippen LogP contribution in [0.3, 0.4) is 0 Å². The van der Waals surface area contributed by atoms with E-state index in [1.807, 2.05) is 11.9 Å². The van der Waals surface area contributed by atoms with Crippen LogP contribution in [-0.4, -0.2) is 97.4 Å². The average molecular weight is 484 g/mol. The molecule has 13 heteroatoms. The number of carbonyl (C=O) groups excluding carboxylic acids is 3. The van der Waals surface area contributed by atoms with Crippen molar-refractivity contribution < 1.29 is 24.2 Å². The van der Waals surface area contributed by atoms with Crippen LogP contribution < -0.4 is 16.8 Å². The van der Waals surface area contributed by atoms with Gasteiger partial charge in [-0.25, -0.2) is 14.8 Å². The molecule has 0 bridgehead atoms. The Morgan fingerprint density at radius 2 is 2.15 bits per heavy atom. The molecular weight excluding hydrogens is 450 g/mol. The maximum Gasteiger partial charge on any atom is 0.240 e. The summed E-state index contributed by atoms with van der Waals surface area (Å²) in [6.45, 7) is 1.69. The maximum atomic E-state index is 12.9. The highest BCUT2D eigenvalue weighted by Gasteiger charge is 2.34. The predicted molar refractivity (Wildman–Crippen MR) is 123 cm³/mol. The van der Waals surface area contributed by atoms with Crippen LogP contribution in [0.4, 0.5) is 0 Å². The first-order valence-corrected chi connectivity index (χ1v) is 11.6. The van der Waals surface area contributed by atoms with Crippen LogP contribution in [0, 0.1) is 0 Å². The van der Waals surface area contributed by atoms with E-state index in [0.29, 0.717) is 56.9 Å². The fraction of sp³-hybridized carbons (Fsp3) is 0.650. The number of nitrogens with one attached hydrogen (secondary N) is 1. The zero-order valence-electron chi connectivity index (χ0n) is 19.1. The van der Waals surface area contributed by atoms with Gasteiger partial charge in [0.25, 0.3) is 0 Å². The molecule has 0 unspecified atom stereocenters. The fourth-order valence-corrected chi connectivity index (χ4v) is 4.17. The lowest BCUT2D eigenvalue weighted by Gasteiger charge is -2.38. The van der Waals surface area contributed by atoms with Crippen LogP contribution in [-0.2, 0) is 19.4 Å². The van der Waals surface area contributed by atoms with Crippen LogP contribution in [0.25, 0.3) is 0 Å². The van der Waals surface area contributed by atoms with Crippen LogP contribution in [0.1, 0.15) is 35.5 Å². The molecular formula is C20H33N7O5S. The van der Waals surface area contributed by atoms with Gasteiger partial charge in [0.05, 0.1) is 32.3 Å². The highest BCUT2D eigenvalue weighted by atomic mass is 32.1. The molecule has 2 heterocycles. The largest absolute Gasteiger partial charge is 0.370 e. The number of hydrogen-bond acceptors (Lipinski definition) is 9. The number of nitrogens with two attached hydrogens (primary N) is 2. The number of aromatic nitrogens is 1. The summed E-state index contributed by atoms with van der Waals surface area (Å²) in [5.41, 5.74) is 10.7. The number of likely N-dealkylation sites (N-methyl/N-ethyl adjacent to an activating group) is 1. The van der Waals surface area contributed by atoms with E-state index in [1.165, 1.54) is 29.5 Å². The minimum Gasteiger partial charge on any atom is -0.370 e. The summed E-state index contributed by atoms with van der Waals surface area (Å²) in [5.74, 6) is -0.819. The zero-order chi connectivity index (χ0) is 24.2. The van der Waals surface area contributed by atoms with E-state index in [9.17, 15) is 14.4 Å². The van der Waals surface area contributed by atoms with E-state index in [1.54, 1.807) is 5.38 Å². The first kappa shape index (κ1) is 26.6. The van der Waals surface area contributed by atoms with E-state index in [0.717, 1.165) is 0 Å². The molecule has 1 saturated heterocycles. The van der Waals surface area contributed by atoms with E-state index in [4.69, 9.17) is 16.4 Å². The molecule has 12 nitrogen and oxygen atoms in total. The summed E-state index contributed by atoms with van der Waals surface area (Å²) in [6, 6.07) is -1.11. The second kappa shape index (κ2) is 13.8. The van der Waals surface area contributed by atoms with Gasteiger partial charge in [0.15, 0.2) is 11.0 Å². The smallest absolute Gasteiger partial charge is 0.240 e. The number of nitrogens with zero attached hydrogens (tertiary/aromatic N) is 4. The molecule has 2 atom stereocenters. The number of rotatable bonds is 14. The SMILES string of the molecule is COOCCC[C@@H]1C(=O)N(CC(=O)N[C@@H](CCCN=C(N)N)C(=O)c2nccs2)CCN1C. The molecule has 184 valence electrons. The molecule has 1 aliphatic heterocycles. The number of amides is 2. The summed E-state index contributed by atoms with van der Waals surface area (Å²) in [5, 5.41) is 4.79. The van der Waals surface area contributed by atoms with Crippen molar-refractivity contribution in [3.63, 3.8) is 0 Å². The molecule has 33 heavy (non-hydrogen) atoms. The van der Waals surface area contributed by atoms with Crippen molar-refractivity contribution in [1.29, 1.82) is 0 Å². The van der Waals surface area contributed by atoms with Crippen LogP contribution in [0.15, 0.2) is 16.6 Å². The van der Waals surface area contributed by atoms with Gasteiger partial charge in [-0.2, -0.15) is 0 Å². The van der Waals surface area contributed by atoms with Crippen LogP contribution in [0.2, 0.25) is 0 Å².